The molecule has 7 nitrogen and oxygen atoms in total. The number of alkyl carbamates (subject to hydrolysis) is 1. The molecule has 1 atom stereocenters. The molecule has 1 aromatic rings. The molecule has 1 unspecified atom stereocenters. The maximum absolute atomic E-state index is 13.1. The first-order valence-corrected chi connectivity index (χ1v) is 10.7. The highest BCUT2D eigenvalue weighted by atomic mass is 16.6. The van der Waals surface area contributed by atoms with E-state index >= 15 is 0 Å². The molecule has 0 spiro atoms. The van der Waals surface area contributed by atoms with Gasteiger partial charge in [-0.05, 0) is 52.5 Å². The zero-order chi connectivity index (χ0) is 22.3. The predicted octanol–water partition coefficient (Wildman–Crippen LogP) is 3.47. The Balaban J connectivity index is 2.20. The second-order valence-electron chi connectivity index (χ2n) is 8.85. The molecule has 2 rings (SSSR count). The van der Waals surface area contributed by atoms with Crippen molar-refractivity contribution in [3.8, 4) is 0 Å². The van der Waals surface area contributed by atoms with E-state index in [4.69, 9.17) is 4.74 Å². The highest BCUT2D eigenvalue weighted by molar-refractivity contribution is 5.90. The number of carbonyl (C=O) groups is 3. The van der Waals surface area contributed by atoms with Crippen molar-refractivity contribution in [3.05, 3.63) is 35.4 Å². The van der Waals surface area contributed by atoms with E-state index in [-0.39, 0.29) is 24.4 Å². The standard InChI is InChI=1S/C23H35N3O4/c1-6-7-13-24-21(28)20(17-10-8-9-16(2)14-17)26(18-11-12-18)19(27)15-25-22(29)30-23(3,4)5/h8-10,14,18,20H,6-7,11-13,15H2,1-5H3,(H,24,28)(H,25,29). The fourth-order valence-corrected chi connectivity index (χ4v) is 3.23. The van der Waals surface area contributed by atoms with E-state index in [2.05, 4.69) is 17.6 Å². The number of amides is 3. The molecule has 0 saturated heterocycles. The number of benzene rings is 1. The van der Waals surface area contributed by atoms with Crippen LogP contribution in [0.2, 0.25) is 0 Å². The molecule has 0 aliphatic heterocycles. The molecule has 0 heterocycles. The summed E-state index contributed by atoms with van der Waals surface area (Å²) < 4.78 is 5.22. The molecular weight excluding hydrogens is 382 g/mol. The number of aryl methyl sites for hydroxylation is 1. The van der Waals surface area contributed by atoms with E-state index in [1.165, 1.54) is 0 Å². The van der Waals surface area contributed by atoms with Crippen LogP contribution in [0.3, 0.4) is 0 Å². The van der Waals surface area contributed by atoms with E-state index < -0.39 is 17.7 Å². The molecular formula is C23H35N3O4. The van der Waals surface area contributed by atoms with Crippen molar-refractivity contribution < 1.29 is 19.1 Å². The number of ether oxygens (including phenoxy) is 1. The lowest BCUT2D eigenvalue weighted by Gasteiger charge is -2.32. The third kappa shape index (κ3) is 7.35. The Morgan fingerprint density at radius 3 is 2.47 bits per heavy atom. The second-order valence-corrected chi connectivity index (χ2v) is 8.85. The van der Waals surface area contributed by atoms with Gasteiger partial charge in [-0.25, -0.2) is 4.79 Å². The minimum atomic E-state index is -0.720. The van der Waals surface area contributed by atoms with E-state index in [1.807, 2.05) is 31.2 Å². The van der Waals surface area contributed by atoms with Gasteiger partial charge >= 0.3 is 6.09 Å². The monoisotopic (exact) mass is 417 g/mol. The fraction of sp³-hybridized carbons (Fsp3) is 0.609. The highest BCUT2D eigenvalue weighted by Gasteiger charge is 2.41. The molecule has 1 aromatic carbocycles. The Kier molecular flexibility index (Phi) is 8.26. The molecule has 0 radical (unpaired) electrons. The van der Waals surface area contributed by atoms with Crippen molar-refractivity contribution in [1.82, 2.24) is 15.5 Å². The number of nitrogens with zero attached hydrogens (tertiary/aromatic N) is 1. The minimum Gasteiger partial charge on any atom is -0.444 e. The van der Waals surface area contributed by atoms with Gasteiger partial charge in [0.2, 0.25) is 11.8 Å². The van der Waals surface area contributed by atoms with Gasteiger partial charge in [-0.2, -0.15) is 0 Å². The Hall–Kier alpha value is -2.57. The van der Waals surface area contributed by atoms with Gasteiger partial charge in [-0.1, -0.05) is 43.2 Å². The van der Waals surface area contributed by atoms with Crippen LogP contribution in [-0.4, -0.2) is 47.5 Å². The molecule has 1 aliphatic rings. The number of hydrogen-bond acceptors (Lipinski definition) is 4. The topological polar surface area (TPSA) is 87.7 Å². The van der Waals surface area contributed by atoms with Gasteiger partial charge in [0.1, 0.15) is 18.2 Å². The number of rotatable bonds is 9. The quantitative estimate of drug-likeness (QED) is 0.602. The van der Waals surface area contributed by atoms with E-state index in [9.17, 15) is 14.4 Å². The average Bonchev–Trinajstić information content (AvgIpc) is 3.47. The SMILES string of the molecule is CCCCNC(=O)C(c1cccc(C)c1)N(C(=O)CNC(=O)OC(C)(C)C)C1CC1. The smallest absolute Gasteiger partial charge is 0.408 e. The van der Waals surface area contributed by atoms with E-state index in [0.29, 0.717) is 6.54 Å². The minimum absolute atomic E-state index is 0.000346. The predicted molar refractivity (Wildman–Crippen MR) is 116 cm³/mol. The number of hydrogen-bond donors (Lipinski definition) is 2. The fourth-order valence-electron chi connectivity index (χ4n) is 3.23. The first-order valence-electron chi connectivity index (χ1n) is 10.7. The largest absolute Gasteiger partial charge is 0.444 e. The number of unbranched alkanes of at least 4 members (excludes halogenated alkanes) is 1. The summed E-state index contributed by atoms with van der Waals surface area (Å²) in [6.45, 7) is 9.67. The van der Waals surface area contributed by atoms with Crippen LogP contribution in [0.4, 0.5) is 4.79 Å². The van der Waals surface area contributed by atoms with Crippen molar-refractivity contribution in [1.29, 1.82) is 0 Å². The van der Waals surface area contributed by atoms with Gasteiger partial charge in [-0.15, -0.1) is 0 Å². The van der Waals surface area contributed by atoms with Gasteiger partial charge in [0.05, 0.1) is 0 Å². The first kappa shape index (κ1) is 23.7. The van der Waals surface area contributed by atoms with Gasteiger partial charge < -0.3 is 20.3 Å². The lowest BCUT2D eigenvalue weighted by Crippen LogP contribution is -2.49. The van der Waals surface area contributed by atoms with Gasteiger partial charge in [0.25, 0.3) is 0 Å². The zero-order valence-corrected chi connectivity index (χ0v) is 18.8. The lowest BCUT2D eigenvalue weighted by atomic mass is 10.0. The van der Waals surface area contributed by atoms with Crippen LogP contribution >= 0.6 is 0 Å². The molecule has 3 amide bonds. The molecule has 1 fully saturated rings. The molecule has 7 heteroatoms. The van der Waals surface area contributed by atoms with Crippen molar-refractivity contribution in [2.75, 3.05) is 13.1 Å². The summed E-state index contributed by atoms with van der Waals surface area (Å²) in [6.07, 6.45) is 2.90. The van der Waals surface area contributed by atoms with Crippen LogP contribution in [0.1, 0.15) is 70.5 Å². The zero-order valence-electron chi connectivity index (χ0n) is 18.8. The first-order chi connectivity index (χ1) is 14.1. The molecule has 0 bridgehead atoms. The number of nitrogens with one attached hydrogen (secondary N) is 2. The number of carbonyl (C=O) groups excluding carboxylic acids is 3. The van der Waals surface area contributed by atoms with Crippen LogP contribution in [0.5, 0.6) is 0 Å². The lowest BCUT2D eigenvalue weighted by molar-refractivity contribution is -0.140. The van der Waals surface area contributed by atoms with Gasteiger partial charge in [0, 0.05) is 12.6 Å². The molecule has 1 aliphatic carbocycles. The second kappa shape index (κ2) is 10.5. The Morgan fingerprint density at radius 1 is 1.20 bits per heavy atom. The summed E-state index contributed by atoms with van der Waals surface area (Å²) in [5, 5.41) is 5.50. The summed E-state index contributed by atoms with van der Waals surface area (Å²) in [6, 6.07) is 6.95. The maximum atomic E-state index is 13.1. The van der Waals surface area contributed by atoms with Crippen molar-refractivity contribution in [2.24, 2.45) is 0 Å². The van der Waals surface area contributed by atoms with Crippen molar-refractivity contribution in [2.45, 2.75) is 78.0 Å². The molecule has 1 saturated carbocycles. The third-order valence-corrected chi connectivity index (χ3v) is 4.73. The molecule has 0 aromatic heterocycles. The van der Waals surface area contributed by atoms with E-state index in [0.717, 1.165) is 36.8 Å². The van der Waals surface area contributed by atoms with Gasteiger partial charge in [-0.3, -0.25) is 9.59 Å². The molecule has 2 N–H and O–H groups in total. The summed E-state index contributed by atoms with van der Waals surface area (Å²) in [5.74, 6) is -0.480. The molecule has 166 valence electrons. The Bertz CT molecular complexity index is 753. The maximum Gasteiger partial charge on any atom is 0.408 e. The Labute approximate surface area is 179 Å². The van der Waals surface area contributed by atoms with Crippen LogP contribution in [0.25, 0.3) is 0 Å². The van der Waals surface area contributed by atoms with Crippen LogP contribution in [0, 0.1) is 6.92 Å². The summed E-state index contributed by atoms with van der Waals surface area (Å²) in [5.41, 5.74) is 1.16. The van der Waals surface area contributed by atoms with Crippen LogP contribution in [-0.2, 0) is 14.3 Å². The summed E-state index contributed by atoms with van der Waals surface area (Å²) in [7, 11) is 0. The highest BCUT2D eigenvalue weighted by Crippen LogP contribution is 2.35. The normalized spacial score (nSPS) is 14.6. The summed E-state index contributed by atoms with van der Waals surface area (Å²) in [4.78, 5) is 39.8. The van der Waals surface area contributed by atoms with Crippen LogP contribution < -0.4 is 10.6 Å². The van der Waals surface area contributed by atoms with Crippen molar-refractivity contribution >= 4 is 17.9 Å². The average molecular weight is 418 g/mol. The molecule has 30 heavy (non-hydrogen) atoms. The van der Waals surface area contributed by atoms with Gasteiger partial charge in [0.15, 0.2) is 0 Å². The Morgan fingerprint density at radius 2 is 1.90 bits per heavy atom. The van der Waals surface area contributed by atoms with E-state index in [1.54, 1.807) is 25.7 Å². The van der Waals surface area contributed by atoms with Crippen molar-refractivity contribution in [3.63, 3.8) is 0 Å². The summed E-state index contributed by atoms with van der Waals surface area (Å²) >= 11 is 0. The van der Waals surface area contributed by atoms with Crippen LogP contribution in [0.15, 0.2) is 24.3 Å². The third-order valence-electron chi connectivity index (χ3n) is 4.73.